The van der Waals surface area contributed by atoms with E-state index in [1.54, 1.807) is 30.0 Å². The number of nitrogens with one attached hydrogen (secondary N) is 1. The number of benzene rings is 2. The quantitative estimate of drug-likeness (QED) is 0.399. The Hall–Kier alpha value is -2.58. The number of amides is 2. The van der Waals surface area contributed by atoms with E-state index in [9.17, 15) is 18.0 Å². The molecule has 2 aromatic carbocycles. The van der Waals surface area contributed by atoms with E-state index >= 15 is 0 Å². The van der Waals surface area contributed by atoms with E-state index in [1.807, 2.05) is 38.1 Å². The Labute approximate surface area is 232 Å². The van der Waals surface area contributed by atoms with Crippen molar-refractivity contribution < 1.29 is 18.0 Å². The third-order valence-electron chi connectivity index (χ3n) is 7.15. The van der Waals surface area contributed by atoms with Crippen molar-refractivity contribution in [3.63, 3.8) is 0 Å². The van der Waals surface area contributed by atoms with Crippen LogP contribution in [0.3, 0.4) is 0 Å². The van der Waals surface area contributed by atoms with E-state index < -0.39 is 16.1 Å². The molecule has 7 nitrogen and oxygen atoms in total. The van der Waals surface area contributed by atoms with Crippen LogP contribution in [0.15, 0.2) is 42.5 Å². The number of rotatable bonds is 11. The van der Waals surface area contributed by atoms with Gasteiger partial charge in [0.1, 0.15) is 6.04 Å². The Balaban J connectivity index is 1.74. The summed E-state index contributed by atoms with van der Waals surface area (Å²) >= 11 is 6.14. The van der Waals surface area contributed by atoms with Gasteiger partial charge in [0.05, 0.1) is 11.9 Å². The Morgan fingerprint density at radius 2 is 1.79 bits per heavy atom. The lowest BCUT2D eigenvalue weighted by atomic mass is 9.95. The molecular weight excluding hydrogens is 522 g/mol. The van der Waals surface area contributed by atoms with Crippen LogP contribution < -0.4 is 9.62 Å². The SMILES string of the molecule is Cc1cccc(CN(C(=O)CCCN(c2cc(Cl)ccc2C)S(C)(=O)=O)C(C)C(=O)NC2CCCCC2)c1. The second-order valence-electron chi connectivity index (χ2n) is 10.4. The average molecular weight is 562 g/mol. The van der Waals surface area contributed by atoms with Crippen LogP contribution >= 0.6 is 11.6 Å². The number of halogens is 1. The fourth-order valence-electron chi connectivity index (χ4n) is 4.99. The molecular formula is C29H40ClN3O4S. The summed E-state index contributed by atoms with van der Waals surface area (Å²) in [6.07, 6.45) is 6.90. The molecule has 0 heterocycles. The number of aryl methyl sites for hydroxylation is 2. The molecule has 0 spiro atoms. The highest BCUT2D eigenvalue weighted by Gasteiger charge is 2.28. The number of nitrogens with zero attached hydrogens (tertiary/aromatic N) is 2. The van der Waals surface area contributed by atoms with E-state index in [4.69, 9.17) is 11.6 Å². The smallest absolute Gasteiger partial charge is 0.242 e. The van der Waals surface area contributed by atoms with Crippen molar-refractivity contribution in [2.75, 3.05) is 17.1 Å². The molecule has 38 heavy (non-hydrogen) atoms. The third kappa shape index (κ3) is 8.46. The first-order valence-corrected chi connectivity index (χ1v) is 15.6. The van der Waals surface area contributed by atoms with E-state index in [0.717, 1.165) is 48.6 Å². The minimum Gasteiger partial charge on any atom is -0.352 e. The van der Waals surface area contributed by atoms with Crippen LogP contribution in [0.5, 0.6) is 0 Å². The summed E-state index contributed by atoms with van der Waals surface area (Å²) in [5.41, 5.74) is 3.31. The monoisotopic (exact) mass is 561 g/mol. The lowest BCUT2D eigenvalue weighted by Crippen LogP contribution is -2.50. The maximum atomic E-state index is 13.5. The number of anilines is 1. The van der Waals surface area contributed by atoms with Gasteiger partial charge < -0.3 is 10.2 Å². The van der Waals surface area contributed by atoms with Crippen LogP contribution in [0, 0.1) is 13.8 Å². The molecule has 1 aliphatic carbocycles. The number of carbonyl (C=O) groups is 2. The Morgan fingerprint density at radius 3 is 2.45 bits per heavy atom. The van der Waals surface area contributed by atoms with Crippen molar-refractivity contribution in [3.8, 4) is 0 Å². The van der Waals surface area contributed by atoms with E-state index in [2.05, 4.69) is 5.32 Å². The minimum absolute atomic E-state index is 0.110. The van der Waals surface area contributed by atoms with E-state index in [-0.39, 0.29) is 30.8 Å². The minimum atomic E-state index is -3.59. The summed E-state index contributed by atoms with van der Waals surface area (Å²) in [6.45, 7) is 6.03. The Kier molecular flexibility index (Phi) is 10.6. The molecule has 1 atom stereocenters. The zero-order chi connectivity index (χ0) is 27.9. The summed E-state index contributed by atoms with van der Waals surface area (Å²) in [5.74, 6) is -0.334. The van der Waals surface area contributed by atoms with Crippen LogP contribution in [0.4, 0.5) is 5.69 Å². The van der Waals surface area contributed by atoms with Crippen molar-refractivity contribution in [2.45, 2.75) is 84.3 Å². The highest BCUT2D eigenvalue weighted by atomic mass is 35.5. The van der Waals surface area contributed by atoms with Crippen molar-refractivity contribution in [3.05, 3.63) is 64.2 Å². The molecule has 1 N–H and O–H groups in total. The first-order chi connectivity index (χ1) is 18.0. The molecule has 0 aliphatic heterocycles. The molecule has 3 rings (SSSR count). The third-order valence-corrected chi connectivity index (χ3v) is 8.56. The molecule has 1 fully saturated rings. The van der Waals surface area contributed by atoms with Gasteiger partial charge in [-0.05, 0) is 63.3 Å². The fourth-order valence-corrected chi connectivity index (χ4v) is 6.17. The predicted molar refractivity (Wildman–Crippen MR) is 154 cm³/mol. The summed E-state index contributed by atoms with van der Waals surface area (Å²) < 4.78 is 26.5. The van der Waals surface area contributed by atoms with E-state index in [0.29, 0.717) is 23.7 Å². The molecule has 1 aliphatic rings. The second kappa shape index (κ2) is 13.5. The van der Waals surface area contributed by atoms with Gasteiger partial charge in [-0.3, -0.25) is 13.9 Å². The maximum absolute atomic E-state index is 13.5. The maximum Gasteiger partial charge on any atom is 0.242 e. The highest BCUT2D eigenvalue weighted by Crippen LogP contribution is 2.27. The average Bonchev–Trinajstić information content (AvgIpc) is 2.86. The number of carbonyl (C=O) groups excluding carboxylic acids is 2. The molecule has 0 bridgehead atoms. The van der Waals surface area contributed by atoms with Crippen molar-refractivity contribution >= 4 is 39.1 Å². The fraction of sp³-hybridized carbons (Fsp3) is 0.517. The van der Waals surface area contributed by atoms with Crippen LogP contribution in [-0.4, -0.2) is 50.0 Å². The second-order valence-corrected chi connectivity index (χ2v) is 12.7. The topological polar surface area (TPSA) is 86.8 Å². The summed E-state index contributed by atoms with van der Waals surface area (Å²) in [5, 5.41) is 3.59. The van der Waals surface area contributed by atoms with Crippen LogP contribution in [0.1, 0.15) is 68.6 Å². The standard InChI is InChI=1S/C29H40ClN3O4S/c1-21-10-8-11-24(18-21)20-32(23(3)29(35)31-26-12-6-5-7-13-26)28(34)14-9-17-33(38(4,36)37)27-19-25(30)16-15-22(27)2/h8,10-11,15-16,18-19,23,26H,5-7,9,12-14,17,20H2,1-4H3,(H,31,35). The summed E-state index contributed by atoms with van der Waals surface area (Å²) in [6, 6.07) is 12.5. The van der Waals surface area contributed by atoms with Gasteiger partial charge in [0.2, 0.25) is 21.8 Å². The number of sulfonamides is 1. The molecule has 0 saturated heterocycles. The lowest BCUT2D eigenvalue weighted by Gasteiger charge is -2.31. The van der Waals surface area contributed by atoms with Gasteiger partial charge in [-0.15, -0.1) is 0 Å². The first kappa shape index (κ1) is 30.0. The largest absolute Gasteiger partial charge is 0.352 e. The van der Waals surface area contributed by atoms with Crippen LogP contribution in [0.25, 0.3) is 0 Å². The molecule has 208 valence electrons. The number of hydrogen-bond acceptors (Lipinski definition) is 4. The molecule has 1 saturated carbocycles. The molecule has 0 aromatic heterocycles. The van der Waals surface area contributed by atoms with Crippen LogP contribution in [0.2, 0.25) is 5.02 Å². The lowest BCUT2D eigenvalue weighted by molar-refractivity contribution is -0.141. The predicted octanol–water partition coefficient (Wildman–Crippen LogP) is 5.37. The van der Waals surface area contributed by atoms with Gasteiger partial charge in [-0.1, -0.05) is 66.8 Å². The van der Waals surface area contributed by atoms with Crippen molar-refractivity contribution in [2.24, 2.45) is 0 Å². The summed E-state index contributed by atoms with van der Waals surface area (Å²) in [7, 11) is -3.59. The summed E-state index contributed by atoms with van der Waals surface area (Å²) in [4.78, 5) is 28.3. The molecule has 9 heteroatoms. The van der Waals surface area contributed by atoms with E-state index in [1.165, 1.54) is 10.7 Å². The van der Waals surface area contributed by atoms with Gasteiger partial charge in [0.15, 0.2) is 0 Å². The van der Waals surface area contributed by atoms with Gasteiger partial charge in [0.25, 0.3) is 0 Å². The molecule has 0 radical (unpaired) electrons. The Bertz CT molecular complexity index is 1230. The first-order valence-electron chi connectivity index (χ1n) is 13.3. The highest BCUT2D eigenvalue weighted by molar-refractivity contribution is 7.92. The zero-order valence-corrected chi connectivity index (χ0v) is 24.4. The van der Waals surface area contributed by atoms with Gasteiger partial charge in [-0.25, -0.2) is 8.42 Å². The molecule has 2 amide bonds. The van der Waals surface area contributed by atoms with Gasteiger partial charge in [-0.2, -0.15) is 0 Å². The molecule has 2 aromatic rings. The van der Waals surface area contributed by atoms with Crippen molar-refractivity contribution in [1.82, 2.24) is 10.2 Å². The number of hydrogen-bond donors (Lipinski definition) is 1. The van der Waals surface area contributed by atoms with Gasteiger partial charge in [0, 0.05) is 30.6 Å². The van der Waals surface area contributed by atoms with Gasteiger partial charge >= 0.3 is 0 Å². The zero-order valence-electron chi connectivity index (χ0n) is 22.9. The Morgan fingerprint density at radius 1 is 1.08 bits per heavy atom. The van der Waals surface area contributed by atoms with Crippen LogP contribution in [-0.2, 0) is 26.2 Å². The normalized spacial score (nSPS) is 15.1. The van der Waals surface area contributed by atoms with Crippen molar-refractivity contribution in [1.29, 1.82) is 0 Å². The molecule has 1 unspecified atom stereocenters.